The normalized spacial score (nSPS) is 10.7. The zero-order valence-electron chi connectivity index (χ0n) is 11.7. The standard InChI is InChI=1S/C17H14N2O3/c20-15-9-13(10-16(21)22)14-7-4-8-18-17(14)19(15)11-12-5-2-1-3-6-12/h1-9H,10-11H2,(H,21,22)/p-1. The molecule has 22 heavy (non-hydrogen) atoms. The summed E-state index contributed by atoms with van der Waals surface area (Å²) in [4.78, 5) is 27.5. The molecule has 0 aliphatic heterocycles. The first-order valence-electron chi connectivity index (χ1n) is 6.86. The SMILES string of the molecule is O=C([O-])Cc1cc(=O)n(Cc2ccccc2)c2ncccc12. The number of carbonyl (C=O) groups is 1. The molecule has 0 fully saturated rings. The summed E-state index contributed by atoms with van der Waals surface area (Å²) in [6.07, 6.45) is 1.29. The van der Waals surface area contributed by atoms with Crippen molar-refractivity contribution in [3.63, 3.8) is 0 Å². The van der Waals surface area contributed by atoms with Crippen LogP contribution in [0.25, 0.3) is 11.0 Å². The van der Waals surface area contributed by atoms with Crippen LogP contribution in [0.2, 0.25) is 0 Å². The molecule has 0 bridgehead atoms. The Balaban J connectivity index is 2.17. The van der Waals surface area contributed by atoms with Crippen LogP contribution >= 0.6 is 0 Å². The van der Waals surface area contributed by atoms with Gasteiger partial charge in [0, 0.05) is 30.0 Å². The fourth-order valence-electron chi connectivity index (χ4n) is 2.49. The first kappa shape index (κ1) is 14.0. The number of hydrogen-bond donors (Lipinski definition) is 0. The monoisotopic (exact) mass is 293 g/mol. The number of benzene rings is 1. The van der Waals surface area contributed by atoms with Gasteiger partial charge in [-0.2, -0.15) is 0 Å². The summed E-state index contributed by atoms with van der Waals surface area (Å²) in [5.74, 6) is -1.22. The van der Waals surface area contributed by atoms with E-state index in [0.29, 0.717) is 23.1 Å². The van der Waals surface area contributed by atoms with Crippen LogP contribution in [0.4, 0.5) is 0 Å². The lowest BCUT2D eigenvalue weighted by Gasteiger charge is -2.13. The molecule has 5 nitrogen and oxygen atoms in total. The van der Waals surface area contributed by atoms with Crippen LogP contribution in [-0.4, -0.2) is 15.5 Å². The van der Waals surface area contributed by atoms with Crippen molar-refractivity contribution >= 4 is 17.0 Å². The lowest BCUT2D eigenvalue weighted by Crippen LogP contribution is -2.27. The van der Waals surface area contributed by atoms with Crippen molar-refractivity contribution in [1.82, 2.24) is 9.55 Å². The van der Waals surface area contributed by atoms with Crippen LogP contribution in [0.5, 0.6) is 0 Å². The maximum absolute atomic E-state index is 12.3. The number of rotatable bonds is 4. The van der Waals surface area contributed by atoms with E-state index in [4.69, 9.17) is 0 Å². The van der Waals surface area contributed by atoms with E-state index in [1.807, 2.05) is 30.3 Å². The van der Waals surface area contributed by atoms with Gasteiger partial charge in [-0.1, -0.05) is 30.3 Å². The van der Waals surface area contributed by atoms with Crippen LogP contribution in [-0.2, 0) is 17.8 Å². The smallest absolute Gasteiger partial charge is 0.252 e. The summed E-state index contributed by atoms with van der Waals surface area (Å²) >= 11 is 0. The Hall–Kier alpha value is -2.95. The predicted octanol–water partition coefficient (Wildman–Crippen LogP) is 0.737. The molecule has 0 saturated carbocycles. The molecule has 0 N–H and O–H groups in total. The van der Waals surface area contributed by atoms with Gasteiger partial charge in [-0.3, -0.25) is 9.36 Å². The summed E-state index contributed by atoms with van der Waals surface area (Å²) in [5, 5.41) is 11.5. The first-order chi connectivity index (χ1) is 10.6. The van der Waals surface area contributed by atoms with Crippen molar-refractivity contribution < 1.29 is 9.90 Å². The van der Waals surface area contributed by atoms with Gasteiger partial charge in [0.1, 0.15) is 5.65 Å². The van der Waals surface area contributed by atoms with E-state index in [9.17, 15) is 14.7 Å². The molecule has 0 amide bonds. The lowest BCUT2D eigenvalue weighted by molar-refractivity contribution is -0.304. The van der Waals surface area contributed by atoms with Crippen LogP contribution in [0.1, 0.15) is 11.1 Å². The average Bonchev–Trinajstić information content (AvgIpc) is 2.52. The Morgan fingerprint density at radius 3 is 2.64 bits per heavy atom. The third-order valence-corrected chi connectivity index (χ3v) is 3.47. The van der Waals surface area contributed by atoms with E-state index in [1.54, 1.807) is 22.9 Å². The maximum Gasteiger partial charge on any atom is 0.252 e. The highest BCUT2D eigenvalue weighted by Crippen LogP contribution is 2.16. The molecule has 110 valence electrons. The third kappa shape index (κ3) is 2.74. The summed E-state index contributed by atoms with van der Waals surface area (Å²) < 4.78 is 1.55. The Labute approximate surface area is 126 Å². The molecule has 0 aliphatic carbocycles. The highest BCUT2D eigenvalue weighted by molar-refractivity contribution is 5.83. The van der Waals surface area contributed by atoms with Gasteiger partial charge >= 0.3 is 0 Å². The molecular formula is C17H13N2O3-. The van der Waals surface area contributed by atoms with Crippen LogP contribution in [0, 0.1) is 0 Å². The lowest BCUT2D eigenvalue weighted by atomic mass is 10.1. The Bertz CT molecular complexity index is 885. The molecule has 5 heteroatoms. The van der Waals surface area contributed by atoms with E-state index < -0.39 is 5.97 Å². The van der Waals surface area contributed by atoms with Gasteiger partial charge in [0.2, 0.25) is 0 Å². The van der Waals surface area contributed by atoms with Crippen LogP contribution < -0.4 is 10.7 Å². The van der Waals surface area contributed by atoms with Gasteiger partial charge < -0.3 is 9.90 Å². The molecule has 0 saturated heterocycles. The van der Waals surface area contributed by atoms with Gasteiger partial charge in [0.15, 0.2) is 0 Å². The largest absolute Gasteiger partial charge is 0.550 e. The van der Waals surface area contributed by atoms with E-state index in [2.05, 4.69) is 4.98 Å². The second kappa shape index (κ2) is 5.81. The van der Waals surface area contributed by atoms with Gasteiger partial charge in [-0.15, -0.1) is 0 Å². The summed E-state index contributed by atoms with van der Waals surface area (Å²) in [7, 11) is 0. The summed E-state index contributed by atoms with van der Waals surface area (Å²) in [6.45, 7) is 0.388. The van der Waals surface area contributed by atoms with Crippen molar-refractivity contribution in [3.8, 4) is 0 Å². The number of carboxylic acids is 1. The zero-order valence-corrected chi connectivity index (χ0v) is 11.7. The van der Waals surface area contributed by atoms with Crippen molar-refractivity contribution in [3.05, 3.63) is 76.2 Å². The summed E-state index contributed by atoms with van der Waals surface area (Å²) in [5.41, 5.74) is 1.61. The molecule has 3 rings (SSSR count). The van der Waals surface area contributed by atoms with E-state index in [0.717, 1.165) is 5.56 Å². The Morgan fingerprint density at radius 1 is 1.14 bits per heavy atom. The number of carbonyl (C=O) groups excluding carboxylic acids is 1. The third-order valence-electron chi connectivity index (χ3n) is 3.47. The number of pyridine rings is 2. The van der Waals surface area contributed by atoms with E-state index in [1.165, 1.54) is 6.07 Å². The number of fused-ring (bicyclic) bond motifs is 1. The molecule has 2 heterocycles. The quantitative estimate of drug-likeness (QED) is 0.711. The number of aromatic nitrogens is 2. The highest BCUT2D eigenvalue weighted by atomic mass is 16.4. The molecular weight excluding hydrogens is 280 g/mol. The molecule has 0 aliphatic rings. The average molecular weight is 293 g/mol. The number of carboxylic acid groups (broad SMARTS) is 1. The van der Waals surface area contributed by atoms with Crippen LogP contribution in [0.15, 0.2) is 59.5 Å². The maximum atomic E-state index is 12.3. The Kier molecular flexibility index (Phi) is 3.70. The fourth-order valence-corrected chi connectivity index (χ4v) is 2.49. The van der Waals surface area contributed by atoms with Gasteiger partial charge in [0.05, 0.1) is 6.54 Å². The zero-order chi connectivity index (χ0) is 15.5. The minimum Gasteiger partial charge on any atom is -0.550 e. The van der Waals surface area contributed by atoms with E-state index in [-0.39, 0.29) is 12.0 Å². The van der Waals surface area contributed by atoms with Crippen molar-refractivity contribution in [2.45, 2.75) is 13.0 Å². The molecule has 0 spiro atoms. The molecule has 1 aromatic carbocycles. The van der Waals surface area contributed by atoms with Gasteiger partial charge in [-0.05, 0) is 23.3 Å². The minimum atomic E-state index is -1.22. The second-order valence-electron chi connectivity index (χ2n) is 5.00. The van der Waals surface area contributed by atoms with Crippen molar-refractivity contribution in [1.29, 1.82) is 0 Å². The van der Waals surface area contributed by atoms with Gasteiger partial charge in [0.25, 0.3) is 5.56 Å². The Morgan fingerprint density at radius 2 is 1.91 bits per heavy atom. The highest BCUT2D eigenvalue weighted by Gasteiger charge is 2.10. The molecule has 2 aromatic heterocycles. The summed E-state index contributed by atoms with van der Waals surface area (Å²) in [6, 6.07) is 14.4. The predicted molar refractivity (Wildman–Crippen MR) is 80.3 cm³/mol. The van der Waals surface area contributed by atoms with Crippen molar-refractivity contribution in [2.24, 2.45) is 0 Å². The molecule has 3 aromatic rings. The van der Waals surface area contributed by atoms with Crippen LogP contribution in [0.3, 0.4) is 0 Å². The second-order valence-corrected chi connectivity index (χ2v) is 5.00. The minimum absolute atomic E-state index is 0.272. The van der Waals surface area contributed by atoms with E-state index >= 15 is 0 Å². The fraction of sp³-hybridized carbons (Fsp3) is 0.118. The number of nitrogens with zero attached hydrogens (tertiary/aromatic N) is 2. The van der Waals surface area contributed by atoms with Gasteiger partial charge in [-0.25, -0.2) is 4.98 Å². The molecule has 0 atom stereocenters. The number of aliphatic carboxylic acids is 1. The molecule has 0 radical (unpaired) electrons. The first-order valence-corrected chi connectivity index (χ1v) is 6.86. The molecule has 0 unspecified atom stereocenters. The topological polar surface area (TPSA) is 75.0 Å². The number of hydrogen-bond acceptors (Lipinski definition) is 4. The van der Waals surface area contributed by atoms with Crippen molar-refractivity contribution in [2.75, 3.05) is 0 Å².